The minimum Gasteiger partial charge on any atom is -0.349 e. The molecule has 0 aromatic heterocycles. The number of sulfonamides is 1. The molecule has 3 rings (SSSR count). The van der Waals surface area contributed by atoms with Gasteiger partial charge in [0.2, 0.25) is 15.9 Å². The molecule has 1 fully saturated rings. The average Bonchev–Trinajstić information content (AvgIpc) is 2.66. The summed E-state index contributed by atoms with van der Waals surface area (Å²) in [6.45, 7) is 5.04. The second-order valence-electron chi connectivity index (χ2n) is 7.50. The largest absolute Gasteiger partial charge is 0.349 e. The molecule has 142 valence electrons. The molecule has 1 amide bonds. The van der Waals surface area contributed by atoms with Crippen LogP contribution in [0.5, 0.6) is 0 Å². The zero-order valence-corrected chi connectivity index (χ0v) is 16.3. The summed E-state index contributed by atoms with van der Waals surface area (Å²) >= 11 is 0. The Morgan fingerprint density at radius 1 is 1.15 bits per heavy atom. The van der Waals surface area contributed by atoms with Crippen LogP contribution in [0.25, 0.3) is 0 Å². The molecule has 0 unspecified atom stereocenters. The SMILES string of the molecule is C[C@H]1[C@H](C)CCC[C@H]1NC(=O)C1=CCN(S(=O)(=O)c2ccccc2)CC1. The van der Waals surface area contributed by atoms with E-state index in [4.69, 9.17) is 0 Å². The Morgan fingerprint density at radius 2 is 1.88 bits per heavy atom. The number of nitrogens with zero attached hydrogens (tertiary/aromatic N) is 1. The van der Waals surface area contributed by atoms with E-state index in [1.165, 1.54) is 10.7 Å². The van der Waals surface area contributed by atoms with E-state index in [-0.39, 0.29) is 18.5 Å². The highest BCUT2D eigenvalue weighted by molar-refractivity contribution is 7.89. The van der Waals surface area contributed by atoms with Gasteiger partial charge in [-0.2, -0.15) is 4.31 Å². The summed E-state index contributed by atoms with van der Waals surface area (Å²) in [6.07, 6.45) is 5.62. The molecule has 0 radical (unpaired) electrons. The first-order valence-electron chi connectivity index (χ1n) is 9.44. The summed E-state index contributed by atoms with van der Waals surface area (Å²) in [7, 11) is -3.50. The summed E-state index contributed by atoms with van der Waals surface area (Å²) in [4.78, 5) is 12.9. The second-order valence-corrected chi connectivity index (χ2v) is 9.44. The monoisotopic (exact) mass is 376 g/mol. The molecule has 2 aliphatic rings. The van der Waals surface area contributed by atoms with Crippen LogP contribution < -0.4 is 5.32 Å². The fourth-order valence-electron chi connectivity index (χ4n) is 3.86. The summed E-state index contributed by atoms with van der Waals surface area (Å²) < 4.78 is 26.7. The van der Waals surface area contributed by atoms with Crippen LogP contribution in [0, 0.1) is 11.8 Å². The van der Waals surface area contributed by atoms with Crippen molar-refractivity contribution in [1.82, 2.24) is 9.62 Å². The molecule has 0 saturated heterocycles. The highest BCUT2D eigenvalue weighted by Gasteiger charge is 2.31. The van der Waals surface area contributed by atoms with E-state index in [1.54, 1.807) is 36.4 Å². The Kier molecular flexibility index (Phi) is 5.82. The highest BCUT2D eigenvalue weighted by Crippen LogP contribution is 2.30. The molecule has 1 N–H and O–H groups in total. The van der Waals surface area contributed by atoms with Crippen molar-refractivity contribution in [2.75, 3.05) is 13.1 Å². The van der Waals surface area contributed by atoms with Crippen LogP contribution in [-0.4, -0.2) is 37.8 Å². The van der Waals surface area contributed by atoms with Gasteiger partial charge in [-0.3, -0.25) is 4.79 Å². The molecular weight excluding hydrogens is 348 g/mol. The van der Waals surface area contributed by atoms with E-state index in [0.717, 1.165) is 12.8 Å². The zero-order chi connectivity index (χ0) is 18.7. The zero-order valence-electron chi connectivity index (χ0n) is 15.5. The van der Waals surface area contributed by atoms with Gasteiger partial charge in [-0.25, -0.2) is 8.42 Å². The topological polar surface area (TPSA) is 66.5 Å². The smallest absolute Gasteiger partial charge is 0.247 e. The summed E-state index contributed by atoms with van der Waals surface area (Å²) in [5, 5.41) is 3.18. The van der Waals surface area contributed by atoms with Crippen molar-refractivity contribution in [1.29, 1.82) is 0 Å². The molecule has 6 heteroatoms. The van der Waals surface area contributed by atoms with Gasteiger partial charge in [0.15, 0.2) is 0 Å². The van der Waals surface area contributed by atoms with Crippen LogP contribution in [-0.2, 0) is 14.8 Å². The standard InChI is InChI=1S/C20H28N2O3S/c1-15-7-6-10-19(16(15)2)21-20(23)17-11-13-22(14-12-17)26(24,25)18-8-4-3-5-9-18/h3-5,8-9,11,15-16,19H,6-7,10,12-14H2,1-2H3,(H,21,23)/t15-,16+,19-/m1/s1. The second kappa shape index (κ2) is 7.92. The predicted molar refractivity (Wildman–Crippen MR) is 102 cm³/mol. The molecule has 1 aromatic carbocycles. The van der Waals surface area contributed by atoms with Crippen molar-refractivity contribution in [3.05, 3.63) is 42.0 Å². The first-order chi connectivity index (χ1) is 12.4. The first-order valence-corrected chi connectivity index (χ1v) is 10.9. The van der Waals surface area contributed by atoms with Crippen LogP contribution >= 0.6 is 0 Å². The van der Waals surface area contributed by atoms with Crippen molar-refractivity contribution in [2.45, 2.75) is 50.5 Å². The van der Waals surface area contributed by atoms with Gasteiger partial charge >= 0.3 is 0 Å². The van der Waals surface area contributed by atoms with Crippen LogP contribution in [0.4, 0.5) is 0 Å². The van der Waals surface area contributed by atoms with E-state index in [9.17, 15) is 13.2 Å². The molecule has 26 heavy (non-hydrogen) atoms. The van der Waals surface area contributed by atoms with E-state index in [1.807, 2.05) is 0 Å². The fraction of sp³-hybridized carbons (Fsp3) is 0.550. The van der Waals surface area contributed by atoms with Crippen LogP contribution in [0.15, 0.2) is 46.9 Å². The Balaban J connectivity index is 1.63. The van der Waals surface area contributed by atoms with Crippen LogP contribution in [0.1, 0.15) is 39.5 Å². The molecule has 1 aliphatic carbocycles. The fourth-order valence-corrected chi connectivity index (χ4v) is 5.27. The van der Waals surface area contributed by atoms with Gasteiger partial charge in [0.1, 0.15) is 0 Å². The van der Waals surface area contributed by atoms with Crippen molar-refractivity contribution < 1.29 is 13.2 Å². The minimum absolute atomic E-state index is 0.0345. The number of hydrogen-bond donors (Lipinski definition) is 1. The van der Waals surface area contributed by atoms with Crippen molar-refractivity contribution >= 4 is 15.9 Å². The Bertz CT molecular complexity index is 774. The lowest BCUT2D eigenvalue weighted by Gasteiger charge is -2.35. The lowest BCUT2D eigenvalue weighted by molar-refractivity contribution is -0.119. The minimum atomic E-state index is -3.50. The maximum atomic E-state index is 12.7. The number of rotatable bonds is 4. The Hall–Kier alpha value is -1.66. The number of hydrogen-bond acceptors (Lipinski definition) is 3. The average molecular weight is 377 g/mol. The number of carbonyl (C=O) groups is 1. The molecule has 3 atom stereocenters. The van der Waals surface area contributed by atoms with Gasteiger partial charge in [-0.05, 0) is 36.8 Å². The van der Waals surface area contributed by atoms with Gasteiger partial charge < -0.3 is 5.32 Å². The van der Waals surface area contributed by atoms with Crippen LogP contribution in [0.3, 0.4) is 0 Å². The maximum Gasteiger partial charge on any atom is 0.247 e. The number of carbonyl (C=O) groups excluding carboxylic acids is 1. The summed E-state index contributed by atoms with van der Waals surface area (Å²) in [5.41, 5.74) is 0.704. The van der Waals surface area contributed by atoms with Gasteiger partial charge in [-0.15, -0.1) is 0 Å². The first kappa shape index (κ1) is 19.1. The van der Waals surface area contributed by atoms with Gasteiger partial charge in [0, 0.05) is 24.7 Å². The van der Waals surface area contributed by atoms with Gasteiger partial charge in [0.05, 0.1) is 4.90 Å². The third-order valence-electron chi connectivity index (χ3n) is 5.87. The van der Waals surface area contributed by atoms with Gasteiger partial charge in [0.25, 0.3) is 0 Å². The molecule has 1 aliphatic heterocycles. The van der Waals surface area contributed by atoms with Gasteiger partial charge in [-0.1, -0.05) is 51.0 Å². The molecule has 1 aromatic rings. The molecule has 0 spiro atoms. The Labute approximate surface area is 156 Å². The third-order valence-corrected chi connectivity index (χ3v) is 7.75. The lowest BCUT2D eigenvalue weighted by atomic mass is 9.78. The van der Waals surface area contributed by atoms with Crippen molar-refractivity contribution in [2.24, 2.45) is 11.8 Å². The number of nitrogens with one attached hydrogen (secondary N) is 1. The molecular formula is C20H28N2O3S. The van der Waals surface area contributed by atoms with E-state index < -0.39 is 10.0 Å². The summed E-state index contributed by atoms with van der Waals surface area (Å²) in [5.74, 6) is 1.07. The van der Waals surface area contributed by atoms with E-state index in [0.29, 0.717) is 35.3 Å². The predicted octanol–water partition coefficient (Wildman–Crippen LogP) is 2.95. The van der Waals surface area contributed by atoms with Crippen molar-refractivity contribution in [3.63, 3.8) is 0 Å². The molecule has 5 nitrogen and oxygen atoms in total. The molecule has 1 heterocycles. The molecule has 0 bridgehead atoms. The van der Waals surface area contributed by atoms with E-state index in [2.05, 4.69) is 19.2 Å². The van der Waals surface area contributed by atoms with Crippen LogP contribution in [0.2, 0.25) is 0 Å². The number of amides is 1. The molecule has 1 saturated carbocycles. The van der Waals surface area contributed by atoms with Crippen molar-refractivity contribution in [3.8, 4) is 0 Å². The highest BCUT2D eigenvalue weighted by atomic mass is 32.2. The quantitative estimate of drug-likeness (QED) is 0.879. The lowest BCUT2D eigenvalue weighted by Crippen LogP contribution is -2.45. The third kappa shape index (κ3) is 4.01. The maximum absolute atomic E-state index is 12.7. The summed E-state index contributed by atoms with van der Waals surface area (Å²) in [6, 6.07) is 8.67. The number of benzene rings is 1. The van der Waals surface area contributed by atoms with E-state index >= 15 is 0 Å². The normalized spacial score (nSPS) is 27.6. The Morgan fingerprint density at radius 3 is 2.54 bits per heavy atom.